The van der Waals surface area contributed by atoms with Gasteiger partial charge in [0.25, 0.3) is 0 Å². The first-order valence-corrected chi connectivity index (χ1v) is 4.82. The van der Waals surface area contributed by atoms with Gasteiger partial charge in [-0.2, -0.15) is 0 Å². The lowest BCUT2D eigenvalue weighted by atomic mass is 10.3. The maximum atomic E-state index is 2.56. The van der Waals surface area contributed by atoms with Gasteiger partial charge in [-0.05, 0) is 6.92 Å². The van der Waals surface area contributed by atoms with Gasteiger partial charge >= 0.3 is 0 Å². The van der Waals surface area contributed by atoms with Gasteiger partial charge in [-0.1, -0.05) is 0 Å². The third-order valence-electron chi connectivity index (χ3n) is 3.37. The number of hydrogen-bond donors (Lipinski definition) is 0. The highest BCUT2D eigenvalue weighted by Crippen LogP contribution is 2.27. The van der Waals surface area contributed by atoms with Crippen LogP contribution in [0.4, 0.5) is 0 Å². The molecule has 4 aliphatic rings. The third-order valence-corrected chi connectivity index (χ3v) is 3.37. The zero-order valence-corrected chi connectivity index (χ0v) is 8.12. The average molecular weight is 188 g/mol. The predicted octanol–water partition coefficient (Wildman–Crippen LogP) is -3.48. The Morgan fingerprint density at radius 2 is 1.31 bits per heavy atom. The average Bonchev–Trinajstić information content (AvgIpc) is 2.02. The molecule has 0 spiro atoms. The minimum absolute atomic E-state index is 0. The molecule has 4 heterocycles. The van der Waals surface area contributed by atoms with E-state index in [1.165, 1.54) is 51.0 Å². The van der Waals surface area contributed by atoms with E-state index in [1.54, 1.807) is 0 Å². The van der Waals surface area contributed by atoms with E-state index in [0.29, 0.717) is 0 Å². The summed E-state index contributed by atoms with van der Waals surface area (Å²) in [6, 6.07) is 0. The van der Waals surface area contributed by atoms with Gasteiger partial charge in [0.2, 0.25) is 0 Å². The van der Waals surface area contributed by atoms with Crippen molar-refractivity contribution < 1.29 is 9.19 Å². The number of nitrogens with zero attached hydrogens (tertiary/aromatic N) is 4. The second kappa shape index (κ2) is 2.88. The van der Waals surface area contributed by atoms with Crippen molar-refractivity contribution >= 4 is 0 Å². The molecule has 0 saturated carbocycles. The molecule has 0 unspecified atom stereocenters. The normalized spacial score (nSPS) is 51.9. The lowest BCUT2D eigenvalue weighted by Gasteiger charge is -2.60. The van der Waals surface area contributed by atoms with E-state index in [4.69, 9.17) is 0 Å². The van der Waals surface area contributed by atoms with Crippen molar-refractivity contribution in [3.8, 4) is 0 Å². The second-order valence-corrected chi connectivity index (χ2v) is 4.52. The Morgan fingerprint density at radius 3 is 1.62 bits per heavy atom. The minimum Gasteiger partial charge on any atom is -1.00 e. The SMILES string of the molecule is CC[N+]12CN3CN(CN(C3)C1)C2.[F-]. The maximum absolute atomic E-state index is 2.56. The van der Waals surface area contributed by atoms with E-state index in [0.717, 1.165) is 0 Å². The summed E-state index contributed by atoms with van der Waals surface area (Å²) in [5.74, 6) is 0. The van der Waals surface area contributed by atoms with Crippen molar-refractivity contribution in [2.75, 3.05) is 46.6 Å². The first kappa shape index (κ1) is 9.33. The first-order valence-electron chi connectivity index (χ1n) is 4.82. The van der Waals surface area contributed by atoms with Gasteiger partial charge in [0, 0.05) is 0 Å². The topological polar surface area (TPSA) is 9.72 Å². The molecule has 0 aromatic rings. The number of hydrogen-bond acceptors (Lipinski definition) is 3. The molecule has 0 radical (unpaired) electrons. The summed E-state index contributed by atoms with van der Waals surface area (Å²) in [5.41, 5.74) is 0. The molecule has 0 aliphatic carbocycles. The summed E-state index contributed by atoms with van der Waals surface area (Å²) in [4.78, 5) is 7.67. The van der Waals surface area contributed by atoms with Crippen LogP contribution >= 0.6 is 0 Å². The summed E-state index contributed by atoms with van der Waals surface area (Å²) in [6.07, 6.45) is 0. The van der Waals surface area contributed by atoms with Crippen LogP contribution in [0.2, 0.25) is 0 Å². The maximum Gasteiger partial charge on any atom is 0.139 e. The Kier molecular flexibility index (Phi) is 2.07. The molecule has 0 aromatic carbocycles. The van der Waals surface area contributed by atoms with Gasteiger partial charge in [0.1, 0.15) is 20.0 Å². The Morgan fingerprint density at radius 1 is 0.923 bits per heavy atom. The molecule has 4 fully saturated rings. The van der Waals surface area contributed by atoms with Gasteiger partial charge < -0.3 is 4.70 Å². The Bertz CT molecular complexity index is 173. The van der Waals surface area contributed by atoms with E-state index in [2.05, 4.69) is 21.6 Å². The van der Waals surface area contributed by atoms with Crippen molar-refractivity contribution in [1.29, 1.82) is 0 Å². The molecule has 5 heteroatoms. The van der Waals surface area contributed by atoms with E-state index < -0.39 is 0 Å². The quantitative estimate of drug-likeness (QED) is 0.396. The first-order chi connectivity index (χ1) is 5.80. The van der Waals surface area contributed by atoms with Crippen LogP contribution in [0.1, 0.15) is 6.92 Å². The summed E-state index contributed by atoms with van der Waals surface area (Å²) < 4.78 is 1.28. The van der Waals surface area contributed by atoms with Gasteiger partial charge in [0.15, 0.2) is 0 Å². The Hall–Kier alpha value is -0.230. The molecule has 4 rings (SSSR count). The molecule has 0 N–H and O–H groups in total. The van der Waals surface area contributed by atoms with Crippen LogP contribution in [0.25, 0.3) is 0 Å². The van der Waals surface area contributed by atoms with Crippen molar-refractivity contribution in [3.05, 3.63) is 0 Å². The molecule has 13 heavy (non-hydrogen) atoms. The van der Waals surface area contributed by atoms with Gasteiger partial charge in [-0.15, -0.1) is 0 Å². The highest BCUT2D eigenvalue weighted by molar-refractivity contribution is 4.73. The number of rotatable bonds is 1. The van der Waals surface area contributed by atoms with Crippen molar-refractivity contribution in [3.63, 3.8) is 0 Å². The fourth-order valence-corrected chi connectivity index (χ4v) is 2.96. The number of halogens is 1. The van der Waals surface area contributed by atoms with Gasteiger partial charge in [-0.3, -0.25) is 4.48 Å². The van der Waals surface area contributed by atoms with E-state index in [-0.39, 0.29) is 4.70 Å². The molecular formula is C8H17FN4. The largest absolute Gasteiger partial charge is 1.00 e. The lowest BCUT2D eigenvalue weighted by Crippen LogP contribution is -3.00. The van der Waals surface area contributed by atoms with Crippen LogP contribution in [0.15, 0.2) is 0 Å². The van der Waals surface area contributed by atoms with E-state index in [9.17, 15) is 0 Å². The highest BCUT2D eigenvalue weighted by Gasteiger charge is 2.47. The zero-order chi connectivity index (χ0) is 8.18. The van der Waals surface area contributed by atoms with Crippen LogP contribution in [0.5, 0.6) is 0 Å². The van der Waals surface area contributed by atoms with Crippen LogP contribution in [-0.4, -0.2) is 65.7 Å². The molecule has 0 aromatic heterocycles. The van der Waals surface area contributed by atoms with Crippen LogP contribution in [0, 0.1) is 0 Å². The van der Waals surface area contributed by atoms with Gasteiger partial charge in [-0.25, -0.2) is 14.7 Å². The van der Waals surface area contributed by atoms with E-state index in [1.807, 2.05) is 0 Å². The Labute approximate surface area is 78.3 Å². The summed E-state index contributed by atoms with van der Waals surface area (Å²) >= 11 is 0. The Balaban J connectivity index is 0.000000653. The molecule has 76 valence electrons. The second-order valence-electron chi connectivity index (χ2n) is 4.52. The van der Waals surface area contributed by atoms with Crippen molar-refractivity contribution in [2.24, 2.45) is 0 Å². The molecule has 0 amide bonds. The fourth-order valence-electron chi connectivity index (χ4n) is 2.96. The molecule has 0 atom stereocenters. The molecule has 4 nitrogen and oxygen atoms in total. The zero-order valence-electron chi connectivity index (χ0n) is 8.12. The number of quaternary nitrogens is 1. The van der Waals surface area contributed by atoms with Gasteiger partial charge in [0.05, 0.1) is 26.6 Å². The molecule has 4 aliphatic heterocycles. The summed E-state index contributed by atoms with van der Waals surface area (Å²) in [5, 5.41) is 0. The van der Waals surface area contributed by atoms with Crippen molar-refractivity contribution in [1.82, 2.24) is 14.7 Å². The van der Waals surface area contributed by atoms with Crippen LogP contribution < -0.4 is 4.70 Å². The van der Waals surface area contributed by atoms with E-state index >= 15 is 0 Å². The van der Waals surface area contributed by atoms with Crippen LogP contribution in [-0.2, 0) is 0 Å². The fraction of sp³-hybridized carbons (Fsp3) is 1.00. The standard InChI is InChI=1S/C8H17N4.FH/c1-2-12-6-9-3-10(7-12)5-11(4-9)8-12;/h2-8H2,1H3;1H/q+1;/p-1. The summed E-state index contributed by atoms with van der Waals surface area (Å²) in [6.45, 7) is 11.1. The highest BCUT2D eigenvalue weighted by atomic mass is 19.0. The molecular weight excluding hydrogens is 171 g/mol. The third kappa shape index (κ3) is 1.27. The lowest BCUT2D eigenvalue weighted by molar-refractivity contribution is -0.978. The predicted molar refractivity (Wildman–Crippen MR) is 45.5 cm³/mol. The minimum atomic E-state index is 0. The smallest absolute Gasteiger partial charge is 0.139 e. The van der Waals surface area contributed by atoms with Crippen molar-refractivity contribution in [2.45, 2.75) is 6.92 Å². The van der Waals surface area contributed by atoms with Crippen LogP contribution in [0.3, 0.4) is 0 Å². The molecule has 4 saturated heterocycles. The summed E-state index contributed by atoms with van der Waals surface area (Å²) in [7, 11) is 0. The monoisotopic (exact) mass is 188 g/mol. The molecule has 4 bridgehead atoms.